The van der Waals surface area contributed by atoms with Crippen LogP contribution in [-0.4, -0.2) is 37.0 Å². The Morgan fingerprint density at radius 2 is 2.08 bits per heavy atom. The fourth-order valence-electron chi connectivity index (χ4n) is 3.44. The number of fused-ring (bicyclic) bond motifs is 1. The van der Waals surface area contributed by atoms with E-state index in [1.54, 1.807) is 18.2 Å². The summed E-state index contributed by atoms with van der Waals surface area (Å²) in [6, 6.07) is 4.96. The molecule has 3 N–H and O–H groups in total. The fraction of sp³-hybridized carbons (Fsp3) is 0.529. The number of hydrogen-bond donors (Lipinski definition) is 3. The highest BCUT2D eigenvalue weighted by Crippen LogP contribution is 2.28. The van der Waals surface area contributed by atoms with E-state index in [1.807, 2.05) is 0 Å². The van der Waals surface area contributed by atoms with Crippen molar-refractivity contribution in [2.24, 2.45) is 0 Å². The number of nitrogens with one attached hydrogen (secondary N) is 3. The summed E-state index contributed by atoms with van der Waals surface area (Å²) in [5, 5.41) is 9.65. The molecule has 1 aromatic carbocycles. The standard InChI is InChI=1S/C17H22ClN3O3/c1-24-15-7-6-10(18)8-13(15)20-16(22)9-14-17(23)21-12-5-3-2-4-11(12)19-14/h6-8,11-12,14,19H,2-5,9H2,1H3,(H,20,22)(H,21,23)/t11-,12-,14+/m1/s1. The summed E-state index contributed by atoms with van der Waals surface area (Å²) in [5.41, 5.74) is 0.502. The second kappa shape index (κ2) is 7.40. The third-order valence-electron chi connectivity index (χ3n) is 4.65. The van der Waals surface area contributed by atoms with Crippen LogP contribution in [0.3, 0.4) is 0 Å². The Morgan fingerprint density at radius 1 is 1.33 bits per heavy atom. The summed E-state index contributed by atoms with van der Waals surface area (Å²) in [4.78, 5) is 24.6. The molecule has 3 rings (SSSR count). The molecule has 1 saturated heterocycles. The first-order valence-electron chi connectivity index (χ1n) is 8.26. The van der Waals surface area contributed by atoms with Crippen molar-refractivity contribution in [1.29, 1.82) is 0 Å². The van der Waals surface area contributed by atoms with Crippen LogP contribution in [0.15, 0.2) is 18.2 Å². The zero-order valence-corrected chi connectivity index (χ0v) is 14.4. The van der Waals surface area contributed by atoms with Crippen LogP contribution in [-0.2, 0) is 9.59 Å². The third-order valence-corrected chi connectivity index (χ3v) is 4.89. The highest BCUT2D eigenvalue weighted by atomic mass is 35.5. The van der Waals surface area contributed by atoms with Gasteiger partial charge in [-0.2, -0.15) is 0 Å². The first kappa shape index (κ1) is 17.0. The Kier molecular flexibility index (Phi) is 5.26. The molecule has 1 saturated carbocycles. The molecule has 1 heterocycles. The van der Waals surface area contributed by atoms with Gasteiger partial charge in [0.1, 0.15) is 5.75 Å². The topological polar surface area (TPSA) is 79.5 Å². The lowest BCUT2D eigenvalue weighted by atomic mass is 9.87. The Morgan fingerprint density at radius 3 is 2.83 bits per heavy atom. The van der Waals surface area contributed by atoms with E-state index in [4.69, 9.17) is 16.3 Å². The molecule has 24 heavy (non-hydrogen) atoms. The average Bonchev–Trinajstić information content (AvgIpc) is 2.55. The van der Waals surface area contributed by atoms with Gasteiger partial charge in [0.25, 0.3) is 0 Å². The van der Waals surface area contributed by atoms with Crippen LogP contribution in [0.25, 0.3) is 0 Å². The lowest BCUT2D eigenvalue weighted by Crippen LogP contribution is -2.65. The van der Waals surface area contributed by atoms with Gasteiger partial charge < -0.3 is 20.7 Å². The van der Waals surface area contributed by atoms with Crippen molar-refractivity contribution in [3.05, 3.63) is 23.2 Å². The van der Waals surface area contributed by atoms with Crippen molar-refractivity contribution in [2.45, 2.75) is 50.2 Å². The molecule has 2 amide bonds. The predicted molar refractivity (Wildman–Crippen MR) is 92.4 cm³/mol. The Hall–Kier alpha value is -1.79. The van der Waals surface area contributed by atoms with Gasteiger partial charge in [-0.25, -0.2) is 0 Å². The summed E-state index contributed by atoms with van der Waals surface area (Å²) in [6.45, 7) is 0. The average molecular weight is 352 g/mol. The number of ether oxygens (including phenoxy) is 1. The fourth-order valence-corrected chi connectivity index (χ4v) is 3.61. The zero-order chi connectivity index (χ0) is 17.1. The van der Waals surface area contributed by atoms with E-state index < -0.39 is 6.04 Å². The third kappa shape index (κ3) is 3.82. The van der Waals surface area contributed by atoms with Crippen LogP contribution in [0, 0.1) is 0 Å². The second-order valence-corrected chi connectivity index (χ2v) is 6.76. The van der Waals surface area contributed by atoms with Gasteiger partial charge in [-0.15, -0.1) is 0 Å². The number of anilines is 1. The summed E-state index contributed by atoms with van der Waals surface area (Å²) in [5.74, 6) is 0.171. The van der Waals surface area contributed by atoms with Crippen molar-refractivity contribution in [3.63, 3.8) is 0 Å². The largest absolute Gasteiger partial charge is 0.495 e. The number of halogens is 1. The molecule has 0 radical (unpaired) electrons. The summed E-state index contributed by atoms with van der Waals surface area (Å²) in [6.07, 6.45) is 4.41. The van der Waals surface area contributed by atoms with Gasteiger partial charge in [-0.1, -0.05) is 24.4 Å². The van der Waals surface area contributed by atoms with Crippen LogP contribution in [0.2, 0.25) is 5.02 Å². The maximum Gasteiger partial charge on any atom is 0.237 e. The Balaban J connectivity index is 1.62. The summed E-state index contributed by atoms with van der Waals surface area (Å²) < 4.78 is 5.21. The second-order valence-electron chi connectivity index (χ2n) is 6.32. The molecule has 1 aliphatic carbocycles. The first-order valence-corrected chi connectivity index (χ1v) is 8.64. The molecular weight excluding hydrogens is 330 g/mol. The normalized spacial score (nSPS) is 26.2. The number of hydrogen-bond acceptors (Lipinski definition) is 4. The van der Waals surface area contributed by atoms with E-state index in [-0.39, 0.29) is 30.3 Å². The van der Waals surface area contributed by atoms with Gasteiger partial charge in [0.2, 0.25) is 11.8 Å². The lowest BCUT2D eigenvalue weighted by Gasteiger charge is -2.40. The highest BCUT2D eigenvalue weighted by molar-refractivity contribution is 6.31. The maximum absolute atomic E-state index is 12.3. The SMILES string of the molecule is COc1ccc(Cl)cc1NC(=O)C[C@@H]1N[C@@H]2CCCC[C@H]2NC1=O. The molecule has 0 bridgehead atoms. The number of piperazine rings is 1. The van der Waals surface area contributed by atoms with Crippen molar-refractivity contribution < 1.29 is 14.3 Å². The smallest absolute Gasteiger partial charge is 0.237 e. The van der Waals surface area contributed by atoms with E-state index in [2.05, 4.69) is 16.0 Å². The Bertz CT molecular complexity index is 638. The van der Waals surface area contributed by atoms with E-state index in [0.717, 1.165) is 25.7 Å². The Labute approximate surface area is 146 Å². The van der Waals surface area contributed by atoms with Crippen molar-refractivity contribution in [2.75, 3.05) is 12.4 Å². The molecule has 3 atom stereocenters. The lowest BCUT2D eigenvalue weighted by molar-refractivity contribution is -0.129. The molecule has 0 spiro atoms. The van der Waals surface area contributed by atoms with Crippen LogP contribution >= 0.6 is 11.6 Å². The van der Waals surface area contributed by atoms with Crippen LogP contribution in [0.4, 0.5) is 5.69 Å². The summed E-state index contributed by atoms with van der Waals surface area (Å²) >= 11 is 5.97. The number of benzene rings is 1. The van der Waals surface area contributed by atoms with Crippen molar-refractivity contribution in [1.82, 2.24) is 10.6 Å². The predicted octanol–water partition coefficient (Wildman–Crippen LogP) is 2.08. The first-order chi connectivity index (χ1) is 11.6. The molecule has 6 nitrogen and oxygen atoms in total. The molecule has 7 heteroatoms. The minimum absolute atomic E-state index is 0.0741. The quantitative estimate of drug-likeness (QED) is 0.776. The molecule has 2 fully saturated rings. The van der Waals surface area contributed by atoms with E-state index in [9.17, 15) is 9.59 Å². The minimum Gasteiger partial charge on any atom is -0.495 e. The van der Waals surface area contributed by atoms with E-state index in [1.165, 1.54) is 7.11 Å². The summed E-state index contributed by atoms with van der Waals surface area (Å²) in [7, 11) is 1.53. The molecule has 0 aromatic heterocycles. The highest BCUT2D eigenvalue weighted by Gasteiger charge is 2.37. The van der Waals surface area contributed by atoms with Gasteiger partial charge in [-0.05, 0) is 31.0 Å². The van der Waals surface area contributed by atoms with E-state index in [0.29, 0.717) is 16.5 Å². The van der Waals surface area contributed by atoms with Crippen molar-refractivity contribution in [3.8, 4) is 5.75 Å². The molecular formula is C17H22ClN3O3. The monoisotopic (exact) mass is 351 g/mol. The van der Waals surface area contributed by atoms with Gasteiger partial charge in [-0.3, -0.25) is 9.59 Å². The minimum atomic E-state index is -0.505. The maximum atomic E-state index is 12.3. The van der Waals surface area contributed by atoms with Gasteiger partial charge in [0, 0.05) is 17.1 Å². The number of rotatable bonds is 4. The van der Waals surface area contributed by atoms with Crippen LogP contribution < -0.4 is 20.7 Å². The molecule has 1 aliphatic heterocycles. The molecule has 2 aliphatic rings. The van der Waals surface area contributed by atoms with E-state index >= 15 is 0 Å². The van der Waals surface area contributed by atoms with Gasteiger partial charge in [0.15, 0.2) is 0 Å². The number of amides is 2. The number of carbonyl (C=O) groups is 2. The number of carbonyl (C=O) groups excluding carboxylic acids is 2. The van der Waals surface area contributed by atoms with Gasteiger partial charge >= 0.3 is 0 Å². The molecule has 0 unspecified atom stereocenters. The van der Waals surface area contributed by atoms with Crippen LogP contribution in [0.5, 0.6) is 5.75 Å². The molecule has 130 valence electrons. The van der Waals surface area contributed by atoms with Gasteiger partial charge in [0.05, 0.1) is 25.3 Å². The van der Waals surface area contributed by atoms with Crippen LogP contribution in [0.1, 0.15) is 32.1 Å². The zero-order valence-electron chi connectivity index (χ0n) is 13.6. The number of methoxy groups -OCH3 is 1. The van der Waals surface area contributed by atoms with Crippen molar-refractivity contribution >= 4 is 29.1 Å². The molecule has 1 aromatic rings.